The molecule has 1 heterocycles. The van der Waals surface area contributed by atoms with E-state index in [4.69, 9.17) is 4.42 Å². The first kappa shape index (κ1) is 43.3. The van der Waals surface area contributed by atoms with Gasteiger partial charge in [-0.05, 0) is 177 Å². The number of fused-ring (bicyclic) bond motifs is 15. The van der Waals surface area contributed by atoms with Crippen molar-refractivity contribution in [1.82, 2.24) is 0 Å². The Hall–Kier alpha value is -8.46. The van der Waals surface area contributed by atoms with E-state index >= 15 is 0 Å². The quantitative estimate of drug-likeness (QED) is 0.171. The normalized spacial score (nSPS) is 13.5. The first-order chi connectivity index (χ1) is 35.4. The molecule has 0 aliphatic heterocycles. The second kappa shape index (κ2) is 15.8. The lowest BCUT2D eigenvalue weighted by atomic mass is 9.68. The highest BCUT2D eigenvalue weighted by Gasteiger charge is 2.52. The molecule has 73 heavy (non-hydrogen) atoms. The van der Waals surface area contributed by atoms with Crippen molar-refractivity contribution in [2.24, 2.45) is 0 Å². The molecule has 2 heteroatoms. The van der Waals surface area contributed by atoms with Crippen LogP contribution in [0.15, 0.2) is 229 Å². The molecule has 0 bridgehead atoms. The van der Waals surface area contributed by atoms with Gasteiger partial charge < -0.3 is 9.32 Å². The summed E-state index contributed by atoms with van der Waals surface area (Å²) < 4.78 is 6.41. The minimum Gasteiger partial charge on any atom is -0.456 e. The lowest BCUT2D eigenvalue weighted by Gasteiger charge is -2.34. The van der Waals surface area contributed by atoms with Crippen LogP contribution in [0.25, 0.3) is 88.0 Å². The van der Waals surface area contributed by atoms with Gasteiger partial charge in [-0.15, -0.1) is 0 Å². The molecule has 2 nitrogen and oxygen atoms in total. The molecule has 350 valence electrons. The molecule has 0 amide bonds. The van der Waals surface area contributed by atoms with Crippen LogP contribution >= 0.6 is 0 Å². The summed E-state index contributed by atoms with van der Waals surface area (Å²) in [6.45, 7) is 14.0. The molecular weight excluding hydrogens is 883 g/mol. The minimum absolute atomic E-state index is 0.0297. The van der Waals surface area contributed by atoms with Crippen molar-refractivity contribution in [2.75, 3.05) is 4.90 Å². The lowest BCUT2D eigenvalue weighted by molar-refractivity contribution is 0.586. The number of nitrogens with zero attached hydrogens (tertiary/aromatic N) is 1. The molecule has 1 aromatic heterocycles. The number of hydrogen-bond donors (Lipinski definition) is 0. The van der Waals surface area contributed by atoms with Crippen molar-refractivity contribution in [3.8, 4) is 44.5 Å². The van der Waals surface area contributed by atoms with Crippen molar-refractivity contribution in [2.45, 2.75) is 57.8 Å². The number of para-hydroxylation sites is 1. The van der Waals surface area contributed by atoms with E-state index in [0.29, 0.717) is 0 Å². The smallest absolute Gasteiger partial charge is 0.135 e. The Morgan fingerprint density at radius 3 is 1.42 bits per heavy atom. The molecule has 0 unspecified atom stereocenters. The predicted molar refractivity (Wildman–Crippen MR) is 308 cm³/mol. The Kier molecular flexibility index (Phi) is 9.36. The van der Waals surface area contributed by atoms with Crippen molar-refractivity contribution in [1.29, 1.82) is 0 Å². The first-order valence-corrected chi connectivity index (χ1v) is 25.8. The predicted octanol–water partition coefficient (Wildman–Crippen LogP) is 19.6. The van der Waals surface area contributed by atoms with Gasteiger partial charge in [0, 0.05) is 27.8 Å². The summed E-state index contributed by atoms with van der Waals surface area (Å²) in [6.07, 6.45) is 0. The minimum atomic E-state index is -0.526. The molecule has 14 rings (SSSR count). The number of furan rings is 1. The summed E-state index contributed by atoms with van der Waals surface area (Å²) in [5.41, 5.74) is 22.6. The zero-order valence-corrected chi connectivity index (χ0v) is 42.2. The molecule has 2 aliphatic rings. The van der Waals surface area contributed by atoms with Crippen LogP contribution < -0.4 is 4.90 Å². The largest absolute Gasteiger partial charge is 0.456 e. The zero-order chi connectivity index (χ0) is 49.4. The maximum atomic E-state index is 6.41. The Morgan fingerprint density at radius 1 is 0.315 bits per heavy atom. The highest BCUT2D eigenvalue weighted by molar-refractivity contribution is 6.07. The highest BCUT2D eigenvalue weighted by atomic mass is 16.3. The van der Waals surface area contributed by atoms with Crippen LogP contribution in [-0.4, -0.2) is 0 Å². The monoisotopic (exact) mass is 937 g/mol. The molecule has 2 aliphatic carbocycles. The fourth-order valence-corrected chi connectivity index (χ4v) is 12.3. The van der Waals surface area contributed by atoms with E-state index in [1.165, 1.54) is 99.4 Å². The highest BCUT2D eigenvalue weighted by Crippen LogP contribution is 2.64. The van der Waals surface area contributed by atoms with E-state index in [-0.39, 0.29) is 10.8 Å². The Labute approximate surface area is 427 Å². The second-order valence-electron chi connectivity index (χ2n) is 22.5. The molecule has 1 spiro atoms. The summed E-state index contributed by atoms with van der Waals surface area (Å²) in [6, 6.07) is 84.3. The summed E-state index contributed by atoms with van der Waals surface area (Å²) in [4.78, 5) is 2.45. The van der Waals surface area contributed by atoms with Crippen molar-refractivity contribution in [3.63, 3.8) is 0 Å². The van der Waals surface area contributed by atoms with Gasteiger partial charge >= 0.3 is 0 Å². The van der Waals surface area contributed by atoms with Crippen LogP contribution in [0.2, 0.25) is 0 Å². The van der Waals surface area contributed by atoms with Crippen LogP contribution in [0.1, 0.15) is 74.9 Å². The van der Waals surface area contributed by atoms with Gasteiger partial charge in [0.15, 0.2) is 0 Å². The number of anilines is 3. The molecule has 0 saturated carbocycles. The third-order valence-corrected chi connectivity index (χ3v) is 16.2. The van der Waals surface area contributed by atoms with E-state index < -0.39 is 5.41 Å². The average molecular weight is 938 g/mol. The molecule has 11 aromatic carbocycles. The van der Waals surface area contributed by atoms with Crippen LogP contribution in [0.5, 0.6) is 0 Å². The van der Waals surface area contributed by atoms with Gasteiger partial charge in [-0.1, -0.05) is 199 Å². The molecule has 0 N–H and O–H groups in total. The van der Waals surface area contributed by atoms with Crippen LogP contribution in [0.4, 0.5) is 17.1 Å². The fourth-order valence-electron chi connectivity index (χ4n) is 12.3. The molecule has 0 atom stereocenters. The molecular formula is C71H55NO. The van der Waals surface area contributed by atoms with E-state index in [0.717, 1.165) is 39.0 Å². The van der Waals surface area contributed by atoms with E-state index in [1.54, 1.807) is 0 Å². The Bertz CT molecular complexity index is 4170. The molecule has 0 radical (unpaired) electrons. The van der Waals surface area contributed by atoms with Crippen molar-refractivity contribution in [3.05, 3.63) is 258 Å². The van der Waals surface area contributed by atoms with Gasteiger partial charge in [-0.25, -0.2) is 0 Å². The first-order valence-electron chi connectivity index (χ1n) is 25.8. The van der Waals surface area contributed by atoms with E-state index in [9.17, 15) is 0 Å². The van der Waals surface area contributed by atoms with Crippen LogP contribution in [0.3, 0.4) is 0 Å². The van der Waals surface area contributed by atoms with Crippen molar-refractivity contribution < 1.29 is 4.42 Å². The number of hydrogen-bond acceptors (Lipinski definition) is 2. The Balaban J connectivity index is 0.933. The fraction of sp³-hybridized carbons (Fsp3) is 0.127. The summed E-state index contributed by atoms with van der Waals surface area (Å²) in [7, 11) is 0. The standard InChI is InChI=1S/C71H55NO/c1-69(2,3)52-27-33-58-59-34-28-53(70(4,5)6)41-65(59)71(64(58)40-52)63-17-11-9-15-57(63)60-35-31-56(43-66(60)71)72(55-32-36-68-62(42-55)61-16-10-12-18-67(61)73-68)54-29-25-45(26-30-54)47-21-22-50-39-51(24-23-49(50)38-47)48-20-19-44-13-7-8-14-46(44)37-48/h7-43H,1-6H3. The van der Waals surface area contributed by atoms with Gasteiger partial charge in [-0.2, -0.15) is 0 Å². The number of benzene rings is 11. The maximum Gasteiger partial charge on any atom is 0.135 e. The molecule has 0 fully saturated rings. The van der Waals surface area contributed by atoms with Crippen LogP contribution in [-0.2, 0) is 16.2 Å². The van der Waals surface area contributed by atoms with Crippen molar-refractivity contribution >= 4 is 60.5 Å². The molecule has 0 saturated heterocycles. The SMILES string of the molecule is CC(C)(C)c1ccc2c(c1)C1(c3ccccc3-c3ccc(N(c4ccc(-c5ccc6cc(-c7ccc8ccccc8c7)ccc6c5)cc4)c4ccc5oc6ccccc6c5c4)cc31)c1cc(C(C)(C)C)ccc1-2. The summed E-state index contributed by atoms with van der Waals surface area (Å²) in [5, 5.41) is 7.18. The molecule has 12 aromatic rings. The van der Waals surface area contributed by atoms with Gasteiger partial charge in [0.2, 0.25) is 0 Å². The number of rotatable bonds is 5. The van der Waals surface area contributed by atoms with Gasteiger partial charge in [0.25, 0.3) is 0 Å². The third-order valence-electron chi connectivity index (χ3n) is 16.2. The lowest BCUT2D eigenvalue weighted by Crippen LogP contribution is -2.27. The van der Waals surface area contributed by atoms with Gasteiger partial charge in [0.1, 0.15) is 11.2 Å². The summed E-state index contributed by atoms with van der Waals surface area (Å²) in [5.74, 6) is 0. The average Bonchev–Trinajstić information content (AvgIpc) is 4.03. The topological polar surface area (TPSA) is 16.4 Å². The van der Waals surface area contributed by atoms with Gasteiger partial charge in [0.05, 0.1) is 5.41 Å². The maximum absolute atomic E-state index is 6.41. The third kappa shape index (κ3) is 6.70. The van der Waals surface area contributed by atoms with Gasteiger partial charge in [-0.3, -0.25) is 0 Å². The second-order valence-corrected chi connectivity index (χ2v) is 22.5. The Morgan fingerprint density at radius 2 is 0.767 bits per heavy atom. The zero-order valence-electron chi connectivity index (χ0n) is 42.2. The van der Waals surface area contributed by atoms with E-state index in [2.05, 4.69) is 265 Å². The van der Waals surface area contributed by atoms with Crippen LogP contribution in [0, 0.1) is 0 Å². The van der Waals surface area contributed by atoms with E-state index in [1.807, 2.05) is 6.07 Å². The summed E-state index contributed by atoms with van der Waals surface area (Å²) >= 11 is 0.